The highest BCUT2D eigenvalue weighted by Gasteiger charge is 2.11. The van der Waals surface area contributed by atoms with E-state index in [0.717, 1.165) is 5.56 Å². The summed E-state index contributed by atoms with van der Waals surface area (Å²) in [6, 6.07) is 20.2. The van der Waals surface area contributed by atoms with Crippen LogP contribution in [0.1, 0.15) is 16.8 Å². The first kappa shape index (κ1) is 15.5. The maximum absolute atomic E-state index is 12.4. The molecule has 0 bridgehead atoms. The Hall–Kier alpha value is -3.39. The van der Waals surface area contributed by atoms with Crippen LogP contribution in [0.2, 0.25) is 0 Å². The minimum absolute atomic E-state index is 0.200. The van der Waals surface area contributed by atoms with Gasteiger partial charge >= 0.3 is 6.01 Å². The van der Waals surface area contributed by atoms with Crippen molar-refractivity contribution in [1.82, 2.24) is 9.55 Å². The Morgan fingerprint density at radius 1 is 1.12 bits per heavy atom. The van der Waals surface area contributed by atoms with Crippen LogP contribution >= 0.6 is 0 Å². The third-order valence-corrected chi connectivity index (χ3v) is 3.45. The van der Waals surface area contributed by atoms with Gasteiger partial charge in [0.15, 0.2) is 0 Å². The average Bonchev–Trinajstić information content (AvgIpc) is 2.60. The number of rotatable bonds is 4. The lowest BCUT2D eigenvalue weighted by atomic mass is 10.1. The Bertz CT molecular complexity index is 956. The van der Waals surface area contributed by atoms with E-state index in [1.165, 1.54) is 10.6 Å². The molecule has 0 aliphatic heterocycles. The zero-order chi connectivity index (χ0) is 16.9. The van der Waals surface area contributed by atoms with Crippen molar-refractivity contribution in [2.75, 3.05) is 0 Å². The van der Waals surface area contributed by atoms with E-state index in [1.54, 1.807) is 25.1 Å². The molecule has 0 spiro atoms. The van der Waals surface area contributed by atoms with Crippen molar-refractivity contribution in [3.05, 3.63) is 87.8 Å². The third-order valence-electron chi connectivity index (χ3n) is 3.45. The molecule has 1 heterocycles. The molecule has 2 aromatic carbocycles. The fourth-order valence-electron chi connectivity index (χ4n) is 2.36. The van der Waals surface area contributed by atoms with Crippen LogP contribution in [0.15, 0.2) is 65.5 Å². The van der Waals surface area contributed by atoms with Crippen molar-refractivity contribution in [2.24, 2.45) is 0 Å². The zero-order valence-corrected chi connectivity index (χ0v) is 13.1. The summed E-state index contributed by atoms with van der Waals surface area (Å²) in [4.78, 5) is 16.7. The molecule has 24 heavy (non-hydrogen) atoms. The molecule has 0 amide bonds. The summed E-state index contributed by atoms with van der Waals surface area (Å²) in [7, 11) is 0. The van der Waals surface area contributed by atoms with Crippen LogP contribution in [0.4, 0.5) is 0 Å². The van der Waals surface area contributed by atoms with Crippen LogP contribution in [0.5, 0.6) is 6.01 Å². The number of aromatic nitrogens is 2. The molecule has 3 rings (SSSR count). The van der Waals surface area contributed by atoms with E-state index >= 15 is 0 Å². The highest BCUT2D eigenvalue weighted by atomic mass is 16.5. The fourth-order valence-corrected chi connectivity index (χ4v) is 2.36. The molecule has 0 aliphatic rings. The fraction of sp³-hybridized carbons (Fsp3) is 0.105. The maximum Gasteiger partial charge on any atom is 0.304 e. The zero-order valence-electron chi connectivity index (χ0n) is 13.1. The summed E-state index contributed by atoms with van der Waals surface area (Å²) in [5.74, 6) is 0. The van der Waals surface area contributed by atoms with Gasteiger partial charge in [0.05, 0.1) is 17.3 Å². The molecule has 0 saturated carbocycles. The van der Waals surface area contributed by atoms with Gasteiger partial charge < -0.3 is 4.74 Å². The van der Waals surface area contributed by atoms with Crippen molar-refractivity contribution in [2.45, 2.75) is 13.5 Å². The van der Waals surface area contributed by atoms with Crippen molar-refractivity contribution in [3.63, 3.8) is 0 Å². The predicted molar refractivity (Wildman–Crippen MR) is 90.1 cm³/mol. The number of hydrogen-bond donors (Lipinski definition) is 0. The van der Waals surface area contributed by atoms with Gasteiger partial charge in [-0.25, -0.2) is 9.55 Å². The quantitative estimate of drug-likeness (QED) is 0.742. The van der Waals surface area contributed by atoms with Crippen LogP contribution < -0.4 is 10.3 Å². The largest absolute Gasteiger partial charge is 0.459 e. The number of nitriles is 1. The molecule has 0 atom stereocenters. The molecule has 5 nitrogen and oxygen atoms in total. The second kappa shape index (κ2) is 6.80. The summed E-state index contributed by atoms with van der Waals surface area (Å²) < 4.78 is 7.21. The molecule has 3 aromatic rings. The minimum atomic E-state index is -0.200. The number of ether oxygens (including phenoxy) is 1. The van der Waals surface area contributed by atoms with Gasteiger partial charge in [0, 0.05) is 11.8 Å². The van der Waals surface area contributed by atoms with Crippen LogP contribution in [0.3, 0.4) is 0 Å². The van der Waals surface area contributed by atoms with Crippen molar-refractivity contribution < 1.29 is 4.74 Å². The van der Waals surface area contributed by atoms with E-state index in [4.69, 9.17) is 10.00 Å². The second-order valence-corrected chi connectivity index (χ2v) is 5.29. The Labute approximate surface area is 139 Å². The van der Waals surface area contributed by atoms with Gasteiger partial charge in [0.25, 0.3) is 5.56 Å². The van der Waals surface area contributed by atoms with Crippen LogP contribution in [0.25, 0.3) is 5.69 Å². The van der Waals surface area contributed by atoms with Gasteiger partial charge in [-0.15, -0.1) is 0 Å². The smallest absolute Gasteiger partial charge is 0.304 e. The Morgan fingerprint density at radius 3 is 2.67 bits per heavy atom. The molecule has 0 fully saturated rings. The molecular formula is C19H15N3O2. The first-order valence-corrected chi connectivity index (χ1v) is 7.45. The standard InChI is InChI=1S/C19H15N3O2/c1-14-10-18(23)22(17-8-3-2-4-9-17)19(21-14)24-13-16-7-5-6-15(11-16)12-20/h2-11H,13H2,1H3. The maximum atomic E-state index is 12.4. The molecule has 5 heteroatoms. The van der Waals surface area contributed by atoms with Crippen molar-refractivity contribution in [1.29, 1.82) is 5.26 Å². The average molecular weight is 317 g/mol. The second-order valence-electron chi connectivity index (χ2n) is 5.29. The Morgan fingerprint density at radius 2 is 1.92 bits per heavy atom. The summed E-state index contributed by atoms with van der Waals surface area (Å²) in [5.41, 5.74) is 2.48. The minimum Gasteiger partial charge on any atom is -0.459 e. The number of aryl methyl sites for hydroxylation is 1. The summed E-state index contributed by atoms with van der Waals surface area (Å²) in [6.45, 7) is 1.97. The summed E-state index contributed by atoms with van der Waals surface area (Å²) >= 11 is 0. The van der Waals surface area contributed by atoms with E-state index in [1.807, 2.05) is 36.4 Å². The van der Waals surface area contributed by atoms with E-state index in [0.29, 0.717) is 16.9 Å². The monoisotopic (exact) mass is 317 g/mol. The molecule has 1 aromatic heterocycles. The Balaban J connectivity index is 1.96. The normalized spacial score (nSPS) is 10.2. The highest BCUT2D eigenvalue weighted by Crippen LogP contribution is 2.15. The van der Waals surface area contributed by atoms with Crippen molar-refractivity contribution in [3.8, 4) is 17.8 Å². The van der Waals surface area contributed by atoms with Crippen LogP contribution in [0, 0.1) is 18.3 Å². The molecule has 0 saturated heterocycles. The van der Waals surface area contributed by atoms with Gasteiger partial charge in [0.1, 0.15) is 6.61 Å². The summed E-state index contributed by atoms with van der Waals surface area (Å²) in [6.07, 6.45) is 0. The van der Waals surface area contributed by atoms with Gasteiger partial charge in [-0.3, -0.25) is 4.79 Å². The predicted octanol–water partition coefficient (Wildman–Crippen LogP) is 2.99. The molecule has 0 N–H and O–H groups in total. The van der Waals surface area contributed by atoms with Crippen LogP contribution in [-0.2, 0) is 6.61 Å². The van der Waals surface area contributed by atoms with Gasteiger partial charge in [-0.05, 0) is 36.8 Å². The van der Waals surface area contributed by atoms with E-state index in [9.17, 15) is 4.79 Å². The molecule has 0 aliphatic carbocycles. The number of hydrogen-bond acceptors (Lipinski definition) is 4. The topological polar surface area (TPSA) is 67.9 Å². The molecule has 0 unspecified atom stereocenters. The number of nitrogens with zero attached hydrogens (tertiary/aromatic N) is 3. The van der Waals surface area contributed by atoms with Crippen molar-refractivity contribution >= 4 is 0 Å². The van der Waals surface area contributed by atoms with E-state index in [2.05, 4.69) is 11.1 Å². The molecular weight excluding hydrogens is 302 g/mol. The SMILES string of the molecule is Cc1cc(=O)n(-c2ccccc2)c(OCc2cccc(C#N)c2)n1. The lowest BCUT2D eigenvalue weighted by molar-refractivity contribution is 0.270. The highest BCUT2D eigenvalue weighted by molar-refractivity contribution is 5.35. The van der Waals surface area contributed by atoms with Gasteiger partial charge in [0.2, 0.25) is 0 Å². The number of para-hydroxylation sites is 1. The molecule has 0 radical (unpaired) electrons. The van der Waals surface area contributed by atoms with Crippen LogP contribution in [-0.4, -0.2) is 9.55 Å². The Kier molecular flexibility index (Phi) is 4.39. The third kappa shape index (κ3) is 3.33. The lowest BCUT2D eigenvalue weighted by Gasteiger charge is -2.13. The first-order valence-electron chi connectivity index (χ1n) is 7.45. The molecule has 118 valence electrons. The lowest BCUT2D eigenvalue weighted by Crippen LogP contribution is -2.21. The van der Waals surface area contributed by atoms with Gasteiger partial charge in [-0.1, -0.05) is 30.3 Å². The number of benzene rings is 2. The first-order chi connectivity index (χ1) is 11.7. The van der Waals surface area contributed by atoms with Gasteiger partial charge in [-0.2, -0.15) is 5.26 Å². The van der Waals surface area contributed by atoms with E-state index in [-0.39, 0.29) is 18.2 Å². The summed E-state index contributed by atoms with van der Waals surface area (Å²) in [5, 5.41) is 8.96. The van der Waals surface area contributed by atoms with E-state index < -0.39 is 0 Å².